The quantitative estimate of drug-likeness (QED) is 0.790. The van der Waals surface area contributed by atoms with Crippen LogP contribution in [0.3, 0.4) is 0 Å². The fourth-order valence-corrected chi connectivity index (χ4v) is 4.67. The van der Waals surface area contributed by atoms with E-state index in [0.29, 0.717) is 0 Å². The number of fused-ring (bicyclic) bond motifs is 2. The molecule has 29 heavy (non-hydrogen) atoms. The zero-order valence-electron chi connectivity index (χ0n) is 17.1. The van der Waals surface area contributed by atoms with E-state index in [2.05, 4.69) is 82.8 Å². The van der Waals surface area contributed by atoms with Crippen molar-refractivity contribution < 1.29 is 0 Å². The molecule has 0 aliphatic carbocycles. The minimum atomic E-state index is 0.830. The monoisotopic (exact) mass is 384 g/mol. The third-order valence-corrected chi connectivity index (χ3v) is 6.29. The van der Waals surface area contributed by atoms with Gasteiger partial charge >= 0.3 is 0 Å². The molecule has 0 bridgehead atoms. The highest BCUT2D eigenvalue weighted by molar-refractivity contribution is 5.88. The van der Waals surface area contributed by atoms with Crippen molar-refractivity contribution >= 4 is 5.96 Å². The van der Waals surface area contributed by atoms with Gasteiger partial charge in [-0.3, -0.25) is 9.89 Å². The fourth-order valence-electron chi connectivity index (χ4n) is 4.67. The maximum absolute atomic E-state index is 4.85. The van der Waals surface area contributed by atoms with Crippen LogP contribution in [-0.2, 0) is 13.1 Å². The lowest BCUT2D eigenvalue weighted by Crippen LogP contribution is -2.49. The van der Waals surface area contributed by atoms with Crippen molar-refractivity contribution in [1.29, 1.82) is 0 Å². The molecule has 0 N–H and O–H groups in total. The Labute approximate surface area is 173 Å². The summed E-state index contributed by atoms with van der Waals surface area (Å²) in [5, 5.41) is 0. The standard InChI is InChI=1S/C25H28N4/c1-19-8-6-7-11-22(19)17-29-20(2)23-18-27(16-21-9-4-3-5-10-21)14-12-24(23)28-15-13-26-25(28)29/h3-11H,2,12-18H2,1H3. The molecule has 2 aromatic rings. The van der Waals surface area contributed by atoms with Crippen molar-refractivity contribution in [3.63, 3.8) is 0 Å². The number of rotatable bonds is 4. The van der Waals surface area contributed by atoms with Crippen molar-refractivity contribution in [2.75, 3.05) is 26.2 Å². The molecule has 3 heterocycles. The van der Waals surface area contributed by atoms with Gasteiger partial charge in [-0.2, -0.15) is 0 Å². The van der Waals surface area contributed by atoms with E-state index in [1.807, 2.05) is 0 Å². The van der Waals surface area contributed by atoms with Crippen molar-refractivity contribution in [1.82, 2.24) is 14.7 Å². The molecule has 0 unspecified atom stereocenters. The molecule has 3 aliphatic rings. The van der Waals surface area contributed by atoms with Crippen LogP contribution < -0.4 is 0 Å². The highest BCUT2D eigenvalue weighted by atomic mass is 15.4. The number of hydrogen-bond donors (Lipinski definition) is 0. The summed E-state index contributed by atoms with van der Waals surface area (Å²) in [5.41, 5.74) is 7.98. The normalized spacial score (nSPS) is 19.3. The number of hydrogen-bond acceptors (Lipinski definition) is 4. The molecule has 0 fully saturated rings. The SMILES string of the molecule is C=C1C2=C(CCN(Cc3ccccc3)C2)N2CCN=C2N1Cc1ccccc1C. The van der Waals surface area contributed by atoms with Crippen molar-refractivity contribution in [2.24, 2.45) is 4.99 Å². The summed E-state index contributed by atoms with van der Waals surface area (Å²) >= 11 is 0. The van der Waals surface area contributed by atoms with Crippen LogP contribution in [0.4, 0.5) is 0 Å². The highest BCUT2D eigenvalue weighted by Crippen LogP contribution is 2.36. The molecule has 5 rings (SSSR count). The van der Waals surface area contributed by atoms with Gasteiger partial charge in [0.15, 0.2) is 0 Å². The summed E-state index contributed by atoms with van der Waals surface area (Å²) in [7, 11) is 0. The fraction of sp³-hybridized carbons (Fsp3) is 0.320. The number of guanidine groups is 1. The Morgan fingerprint density at radius 1 is 0.966 bits per heavy atom. The van der Waals surface area contributed by atoms with Gasteiger partial charge in [0.05, 0.1) is 13.1 Å². The van der Waals surface area contributed by atoms with Crippen molar-refractivity contribution in [2.45, 2.75) is 26.4 Å². The Morgan fingerprint density at radius 2 is 1.76 bits per heavy atom. The van der Waals surface area contributed by atoms with Crippen molar-refractivity contribution in [3.8, 4) is 0 Å². The summed E-state index contributed by atoms with van der Waals surface area (Å²) in [6.45, 7) is 12.4. The first kappa shape index (κ1) is 18.2. The van der Waals surface area contributed by atoms with Gasteiger partial charge in [0.2, 0.25) is 5.96 Å². The van der Waals surface area contributed by atoms with E-state index < -0.39 is 0 Å². The first-order valence-electron chi connectivity index (χ1n) is 10.5. The van der Waals surface area contributed by atoms with E-state index in [9.17, 15) is 0 Å². The molecule has 4 heteroatoms. The van der Waals surface area contributed by atoms with E-state index in [1.165, 1.54) is 28.0 Å². The second-order valence-electron chi connectivity index (χ2n) is 8.16. The predicted molar refractivity (Wildman–Crippen MR) is 118 cm³/mol. The van der Waals surface area contributed by atoms with Gasteiger partial charge in [-0.25, -0.2) is 0 Å². The highest BCUT2D eigenvalue weighted by Gasteiger charge is 2.37. The number of aryl methyl sites for hydroxylation is 1. The van der Waals surface area contributed by atoms with Gasteiger partial charge in [-0.15, -0.1) is 0 Å². The minimum Gasteiger partial charge on any atom is -0.314 e. The van der Waals surface area contributed by atoms with Gasteiger partial charge in [0.1, 0.15) is 0 Å². The lowest BCUT2D eigenvalue weighted by molar-refractivity contribution is 0.247. The molecular weight excluding hydrogens is 356 g/mol. The van der Waals surface area contributed by atoms with Crippen LogP contribution in [0.25, 0.3) is 0 Å². The van der Waals surface area contributed by atoms with Gasteiger partial charge in [-0.1, -0.05) is 61.2 Å². The van der Waals surface area contributed by atoms with Gasteiger partial charge < -0.3 is 9.80 Å². The smallest absolute Gasteiger partial charge is 0.205 e. The van der Waals surface area contributed by atoms with Crippen LogP contribution in [0.15, 0.2) is 83.1 Å². The first-order chi connectivity index (χ1) is 14.2. The van der Waals surface area contributed by atoms with E-state index in [4.69, 9.17) is 4.99 Å². The van der Waals surface area contributed by atoms with E-state index in [0.717, 1.165) is 57.3 Å². The molecule has 0 spiro atoms. The van der Waals surface area contributed by atoms with Crippen LogP contribution in [0.2, 0.25) is 0 Å². The van der Waals surface area contributed by atoms with E-state index >= 15 is 0 Å². The molecule has 0 saturated carbocycles. The zero-order valence-corrected chi connectivity index (χ0v) is 17.1. The average Bonchev–Trinajstić information content (AvgIpc) is 3.23. The Morgan fingerprint density at radius 3 is 2.59 bits per heavy atom. The third kappa shape index (κ3) is 3.38. The molecule has 0 radical (unpaired) electrons. The Kier molecular flexibility index (Phi) is 4.72. The summed E-state index contributed by atoms with van der Waals surface area (Å²) < 4.78 is 0. The maximum atomic E-state index is 4.85. The third-order valence-electron chi connectivity index (χ3n) is 6.29. The van der Waals surface area contributed by atoms with Crippen LogP contribution in [0, 0.1) is 6.92 Å². The van der Waals surface area contributed by atoms with E-state index in [1.54, 1.807) is 0 Å². The second-order valence-corrected chi connectivity index (χ2v) is 8.16. The summed E-state index contributed by atoms with van der Waals surface area (Å²) in [5.74, 6) is 1.09. The van der Waals surface area contributed by atoms with E-state index in [-0.39, 0.29) is 0 Å². The van der Waals surface area contributed by atoms with Crippen LogP contribution >= 0.6 is 0 Å². The lowest BCUT2D eigenvalue weighted by Gasteiger charge is -2.44. The first-order valence-corrected chi connectivity index (χ1v) is 10.5. The molecule has 3 aliphatic heterocycles. The number of aliphatic imine (C=N–C) groups is 1. The second kappa shape index (κ2) is 7.53. The maximum Gasteiger partial charge on any atom is 0.205 e. The molecule has 0 saturated heterocycles. The molecular formula is C25H28N4. The summed E-state index contributed by atoms with van der Waals surface area (Å²) in [6, 6.07) is 19.4. The van der Waals surface area contributed by atoms with Crippen LogP contribution in [0.5, 0.6) is 0 Å². The lowest BCUT2D eigenvalue weighted by atomic mass is 9.97. The number of nitrogens with zero attached hydrogens (tertiary/aromatic N) is 4. The largest absolute Gasteiger partial charge is 0.314 e. The Bertz CT molecular complexity index is 989. The Balaban J connectivity index is 1.42. The topological polar surface area (TPSA) is 22.1 Å². The minimum absolute atomic E-state index is 0.830. The molecule has 2 aromatic carbocycles. The van der Waals surface area contributed by atoms with Crippen molar-refractivity contribution in [3.05, 3.63) is 94.8 Å². The van der Waals surface area contributed by atoms with Crippen LogP contribution in [0.1, 0.15) is 23.1 Å². The van der Waals surface area contributed by atoms with Crippen LogP contribution in [-0.4, -0.2) is 46.8 Å². The zero-order chi connectivity index (χ0) is 19.8. The molecule has 0 amide bonds. The average molecular weight is 385 g/mol. The summed E-state index contributed by atoms with van der Waals surface area (Å²) in [4.78, 5) is 12.2. The van der Waals surface area contributed by atoms with Gasteiger partial charge in [-0.05, 0) is 23.6 Å². The molecule has 0 atom stereocenters. The van der Waals surface area contributed by atoms with Gasteiger partial charge in [0.25, 0.3) is 0 Å². The predicted octanol–water partition coefficient (Wildman–Crippen LogP) is 4.16. The molecule has 0 aromatic heterocycles. The summed E-state index contributed by atoms with van der Waals surface area (Å²) in [6.07, 6.45) is 1.07. The number of benzene rings is 2. The molecule has 4 nitrogen and oxygen atoms in total. The Hall–Kier alpha value is -2.85. The molecule has 148 valence electrons. The van der Waals surface area contributed by atoms with Gasteiger partial charge in [0, 0.05) is 49.6 Å².